The average Bonchev–Trinajstić information content (AvgIpc) is 2.97. The highest BCUT2D eigenvalue weighted by atomic mass is 16.5. The summed E-state index contributed by atoms with van der Waals surface area (Å²) in [7, 11) is 1.18. The Labute approximate surface area is 121 Å². The zero-order valence-corrected chi connectivity index (χ0v) is 11.5. The van der Waals surface area contributed by atoms with Crippen LogP contribution in [0.5, 0.6) is 0 Å². The Hall–Kier alpha value is -2.38. The van der Waals surface area contributed by atoms with E-state index in [1.54, 1.807) is 0 Å². The van der Waals surface area contributed by atoms with Gasteiger partial charge in [-0.15, -0.1) is 0 Å². The van der Waals surface area contributed by atoms with Crippen LogP contribution in [0.25, 0.3) is 0 Å². The summed E-state index contributed by atoms with van der Waals surface area (Å²) in [5.74, 6) is -1.94. The third-order valence-electron chi connectivity index (χ3n) is 3.40. The first-order valence-electron chi connectivity index (χ1n) is 6.56. The number of esters is 2. The predicted octanol–water partition coefficient (Wildman–Crippen LogP) is -1.25. The van der Waals surface area contributed by atoms with Crippen molar-refractivity contribution < 1.29 is 28.7 Å². The van der Waals surface area contributed by atoms with E-state index in [0.717, 1.165) is 18.6 Å². The number of carbonyl (C=O) groups excluding carboxylic acids is 4. The van der Waals surface area contributed by atoms with E-state index in [1.807, 2.05) is 0 Å². The van der Waals surface area contributed by atoms with Gasteiger partial charge in [-0.3, -0.25) is 9.59 Å². The molecular formula is C13H16N2O6. The highest BCUT2D eigenvalue weighted by Crippen LogP contribution is 2.21. The monoisotopic (exact) mass is 296 g/mol. The fraction of sp³-hybridized carbons (Fsp3) is 0.538. The second-order valence-corrected chi connectivity index (χ2v) is 4.74. The summed E-state index contributed by atoms with van der Waals surface area (Å²) < 4.78 is 9.17. The molecule has 2 saturated heterocycles. The SMILES string of the molecule is COC(=O)/C=C/C(=O)OC[C@@H]1NC(=O)[C@@H]2CCCN2C1=O. The number of carbonyl (C=O) groups is 4. The van der Waals surface area contributed by atoms with E-state index in [0.29, 0.717) is 13.0 Å². The summed E-state index contributed by atoms with van der Waals surface area (Å²) in [5.41, 5.74) is 0. The van der Waals surface area contributed by atoms with E-state index in [9.17, 15) is 19.2 Å². The van der Waals surface area contributed by atoms with Crippen molar-refractivity contribution in [3.8, 4) is 0 Å². The first-order valence-corrected chi connectivity index (χ1v) is 6.56. The summed E-state index contributed by atoms with van der Waals surface area (Å²) in [4.78, 5) is 47.6. The first-order chi connectivity index (χ1) is 10.0. The number of rotatable bonds is 4. The van der Waals surface area contributed by atoms with Crippen LogP contribution >= 0.6 is 0 Å². The van der Waals surface area contributed by atoms with Crippen LogP contribution in [-0.2, 0) is 28.7 Å². The van der Waals surface area contributed by atoms with Crippen LogP contribution in [0.3, 0.4) is 0 Å². The lowest BCUT2D eigenvalue weighted by atomic mass is 10.1. The highest BCUT2D eigenvalue weighted by Gasteiger charge is 2.43. The molecule has 21 heavy (non-hydrogen) atoms. The molecule has 0 aliphatic carbocycles. The second kappa shape index (κ2) is 6.38. The minimum Gasteiger partial charge on any atom is -0.466 e. The number of fused-ring (bicyclic) bond motifs is 1. The Balaban J connectivity index is 1.87. The highest BCUT2D eigenvalue weighted by molar-refractivity contribution is 5.97. The Morgan fingerprint density at radius 2 is 2.05 bits per heavy atom. The van der Waals surface area contributed by atoms with Crippen molar-refractivity contribution in [2.24, 2.45) is 0 Å². The molecule has 1 N–H and O–H groups in total. The summed E-state index contributed by atoms with van der Waals surface area (Å²) in [6, 6.07) is -1.27. The van der Waals surface area contributed by atoms with Crippen LogP contribution < -0.4 is 5.32 Å². The van der Waals surface area contributed by atoms with E-state index >= 15 is 0 Å². The normalized spacial score (nSPS) is 24.7. The molecule has 8 heteroatoms. The molecule has 2 amide bonds. The molecule has 0 aromatic rings. The maximum atomic E-state index is 12.1. The Morgan fingerprint density at radius 1 is 1.33 bits per heavy atom. The van der Waals surface area contributed by atoms with Gasteiger partial charge in [0.2, 0.25) is 11.8 Å². The molecule has 0 unspecified atom stereocenters. The number of methoxy groups -OCH3 is 1. The first kappa shape index (κ1) is 15.0. The van der Waals surface area contributed by atoms with Gasteiger partial charge in [0, 0.05) is 18.7 Å². The standard InChI is InChI=1S/C13H16N2O6/c1-20-10(16)4-5-11(17)21-7-8-13(19)15-6-2-3-9(15)12(18)14-8/h4-5,8-9H,2-3,6-7H2,1H3,(H,14,18)/b5-4+/t8-,9-/m0/s1. The topological polar surface area (TPSA) is 102 Å². The third-order valence-corrected chi connectivity index (χ3v) is 3.40. The summed E-state index contributed by atoms with van der Waals surface area (Å²) in [5, 5.41) is 2.55. The van der Waals surface area contributed by atoms with Gasteiger partial charge in [-0.2, -0.15) is 0 Å². The molecule has 2 atom stereocenters. The van der Waals surface area contributed by atoms with Gasteiger partial charge in [-0.25, -0.2) is 9.59 Å². The van der Waals surface area contributed by atoms with Crippen molar-refractivity contribution in [3.63, 3.8) is 0 Å². The molecule has 2 aliphatic heterocycles. The molecule has 8 nitrogen and oxygen atoms in total. The minimum absolute atomic E-state index is 0.224. The van der Waals surface area contributed by atoms with Gasteiger partial charge >= 0.3 is 11.9 Å². The fourth-order valence-electron chi connectivity index (χ4n) is 2.36. The Kier molecular flexibility index (Phi) is 4.56. The largest absolute Gasteiger partial charge is 0.466 e. The molecule has 2 fully saturated rings. The molecule has 0 saturated carbocycles. The quantitative estimate of drug-likeness (QED) is 0.513. The second-order valence-electron chi connectivity index (χ2n) is 4.74. The molecule has 0 aromatic heterocycles. The number of nitrogens with zero attached hydrogens (tertiary/aromatic N) is 1. The fourth-order valence-corrected chi connectivity index (χ4v) is 2.36. The van der Waals surface area contributed by atoms with Crippen LogP contribution in [0, 0.1) is 0 Å². The van der Waals surface area contributed by atoms with Crippen molar-refractivity contribution in [2.75, 3.05) is 20.3 Å². The molecule has 0 radical (unpaired) electrons. The molecule has 2 rings (SSSR count). The number of piperazine rings is 1. The zero-order chi connectivity index (χ0) is 15.4. The summed E-state index contributed by atoms with van der Waals surface area (Å²) >= 11 is 0. The Bertz CT molecular complexity index is 501. The number of hydrogen-bond donors (Lipinski definition) is 1. The van der Waals surface area contributed by atoms with E-state index in [-0.39, 0.29) is 18.4 Å². The van der Waals surface area contributed by atoms with Gasteiger partial charge in [0.1, 0.15) is 18.7 Å². The number of nitrogens with one attached hydrogen (secondary N) is 1. The molecule has 0 aromatic carbocycles. The lowest BCUT2D eigenvalue weighted by Crippen LogP contribution is -2.62. The lowest BCUT2D eigenvalue weighted by molar-refractivity contribution is -0.151. The van der Waals surface area contributed by atoms with E-state index in [1.165, 1.54) is 12.0 Å². The van der Waals surface area contributed by atoms with Crippen molar-refractivity contribution in [3.05, 3.63) is 12.2 Å². The van der Waals surface area contributed by atoms with Gasteiger partial charge in [0.05, 0.1) is 7.11 Å². The minimum atomic E-state index is -0.873. The number of hydrogen-bond acceptors (Lipinski definition) is 6. The zero-order valence-electron chi connectivity index (χ0n) is 11.5. The molecule has 0 bridgehead atoms. The third kappa shape index (κ3) is 3.39. The smallest absolute Gasteiger partial charge is 0.331 e. The molecular weight excluding hydrogens is 280 g/mol. The Morgan fingerprint density at radius 3 is 2.76 bits per heavy atom. The lowest BCUT2D eigenvalue weighted by Gasteiger charge is -2.34. The van der Waals surface area contributed by atoms with Crippen LogP contribution in [-0.4, -0.2) is 61.0 Å². The van der Waals surface area contributed by atoms with E-state index in [2.05, 4.69) is 10.1 Å². The van der Waals surface area contributed by atoms with E-state index < -0.39 is 24.0 Å². The van der Waals surface area contributed by atoms with Crippen LogP contribution in [0.1, 0.15) is 12.8 Å². The molecule has 2 heterocycles. The van der Waals surface area contributed by atoms with Gasteiger partial charge < -0.3 is 19.7 Å². The average molecular weight is 296 g/mol. The summed E-state index contributed by atoms with van der Waals surface area (Å²) in [6.45, 7) is 0.280. The molecule has 2 aliphatic rings. The summed E-state index contributed by atoms with van der Waals surface area (Å²) in [6.07, 6.45) is 3.27. The van der Waals surface area contributed by atoms with Crippen LogP contribution in [0.15, 0.2) is 12.2 Å². The van der Waals surface area contributed by atoms with Crippen molar-refractivity contribution in [2.45, 2.75) is 24.9 Å². The van der Waals surface area contributed by atoms with Gasteiger partial charge in [0.15, 0.2) is 0 Å². The molecule has 114 valence electrons. The predicted molar refractivity (Wildman–Crippen MR) is 68.8 cm³/mol. The number of amides is 2. The van der Waals surface area contributed by atoms with Gasteiger partial charge in [-0.1, -0.05) is 0 Å². The maximum Gasteiger partial charge on any atom is 0.331 e. The maximum absolute atomic E-state index is 12.1. The van der Waals surface area contributed by atoms with Crippen LogP contribution in [0.4, 0.5) is 0 Å². The molecule has 0 spiro atoms. The van der Waals surface area contributed by atoms with Crippen molar-refractivity contribution in [1.82, 2.24) is 10.2 Å². The number of ether oxygens (including phenoxy) is 2. The van der Waals surface area contributed by atoms with Gasteiger partial charge in [-0.05, 0) is 12.8 Å². The van der Waals surface area contributed by atoms with E-state index in [4.69, 9.17) is 4.74 Å². The van der Waals surface area contributed by atoms with Gasteiger partial charge in [0.25, 0.3) is 0 Å². The van der Waals surface area contributed by atoms with Crippen molar-refractivity contribution in [1.29, 1.82) is 0 Å². The van der Waals surface area contributed by atoms with Crippen molar-refractivity contribution >= 4 is 23.8 Å². The van der Waals surface area contributed by atoms with Crippen LogP contribution in [0.2, 0.25) is 0 Å².